The third kappa shape index (κ3) is 2.28. The number of methoxy groups -OCH3 is 2. The van der Waals surface area contributed by atoms with E-state index >= 15 is 0 Å². The summed E-state index contributed by atoms with van der Waals surface area (Å²) in [6.07, 6.45) is 0. The van der Waals surface area contributed by atoms with Crippen molar-refractivity contribution < 1.29 is 14.3 Å². The summed E-state index contributed by atoms with van der Waals surface area (Å²) in [6, 6.07) is 5.17. The number of hydrogen-bond donors (Lipinski definition) is 1. The molecule has 5 heteroatoms. The Hall–Kier alpha value is -0.980. The number of hydrogen-bond acceptors (Lipinski definition) is 4. The maximum absolute atomic E-state index is 11.3. The summed E-state index contributed by atoms with van der Waals surface area (Å²) in [4.78, 5) is 11.3. The fourth-order valence-electron chi connectivity index (χ4n) is 1.03. The molecule has 0 atom stereocenters. The summed E-state index contributed by atoms with van der Waals surface area (Å²) in [5.74, 6) is 0.0976. The van der Waals surface area contributed by atoms with E-state index in [4.69, 9.17) is 4.74 Å². The number of ether oxygens (including phenoxy) is 2. The number of anilines is 1. The van der Waals surface area contributed by atoms with Crippen molar-refractivity contribution in [1.82, 2.24) is 0 Å². The molecule has 0 bridgehead atoms. The SMILES string of the molecule is COC(=O)c1ccc(NI)cc1OC. The predicted octanol–water partition coefficient (Wildman–Crippen LogP) is 2.24. The smallest absolute Gasteiger partial charge is 0.341 e. The number of halogens is 1. The number of carbonyl (C=O) groups excluding carboxylic acids is 1. The van der Waals surface area contributed by atoms with Gasteiger partial charge in [-0.25, -0.2) is 4.79 Å². The summed E-state index contributed by atoms with van der Waals surface area (Å²) in [5, 5.41) is 0. The molecule has 0 aliphatic carbocycles. The first-order valence-corrected chi connectivity index (χ1v) is 4.93. The van der Waals surface area contributed by atoms with Crippen LogP contribution in [0.5, 0.6) is 5.75 Å². The zero-order chi connectivity index (χ0) is 10.6. The first-order valence-electron chi connectivity index (χ1n) is 3.86. The highest BCUT2D eigenvalue weighted by Gasteiger charge is 2.12. The van der Waals surface area contributed by atoms with Gasteiger partial charge in [0.25, 0.3) is 0 Å². The van der Waals surface area contributed by atoms with Gasteiger partial charge >= 0.3 is 5.97 Å². The van der Waals surface area contributed by atoms with Crippen LogP contribution in [0.4, 0.5) is 5.69 Å². The minimum absolute atomic E-state index is 0.401. The van der Waals surface area contributed by atoms with Crippen molar-refractivity contribution in [3.05, 3.63) is 23.8 Å². The Labute approximate surface area is 96.1 Å². The molecule has 0 spiro atoms. The lowest BCUT2D eigenvalue weighted by Crippen LogP contribution is -2.04. The van der Waals surface area contributed by atoms with Crippen LogP contribution < -0.4 is 8.27 Å². The average molecular weight is 307 g/mol. The van der Waals surface area contributed by atoms with E-state index in [1.165, 1.54) is 14.2 Å². The number of nitrogens with one attached hydrogen (secondary N) is 1. The Kier molecular flexibility index (Phi) is 3.99. The highest BCUT2D eigenvalue weighted by Crippen LogP contribution is 2.24. The Morgan fingerprint density at radius 1 is 1.43 bits per heavy atom. The van der Waals surface area contributed by atoms with Crippen LogP contribution in [0.25, 0.3) is 0 Å². The van der Waals surface area contributed by atoms with Crippen molar-refractivity contribution in [3.8, 4) is 5.75 Å². The lowest BCUT2D eigenvalue weighted by atomic mass is 10.2. The number of rotatable bonds is 3. The van der Waals surface area contributed by atoms with Gasteiger partial charge in [-0.3, -0.25) is 0 Å². The van der Waals surface area contributed by atoms with E-state index in [-0.39, 0.29) is 0 Å². The van der Waals surface area contributed by atoms with Crippen LogP contribution >= 0.6 is 22.9 Å². The van der Waals surface area contributed by atoms with Gasteiger partial charge in [0, 0.05) is 11.8 Å². The summed E-state index contributed by atoms with van der Waals surface area (Å²) in [5.41, 5.74) is 1.29. The van der Waals surface area contributed by atoms with Gasteiger partial charge in [-0.2, -0.15) is 0 Å². The average Bonchev–Trinajstić information content (AvgIpc) is 2.27. The quantitative estimate of drug-likeness (QED) is 0.528. The fraction of sp³-hybridized carbons (Fsp3) is 0.222. The topological polar surface area (TPSA) is 47.6 Å². The largest absolute Gasteiger partial charge is 0.496 e. The van der Waals surface area contributed by atoms with Crippen molar-refractivity contribution in [3.63, 3.8) is 0 Å². The van der Waals surface area contributed by atoms with Gasteiger partial charge in [-0.1, -0.05) is 0 Å². The maximum atomic E-state index is 11.3. The number of esters is 1. The van der Waals surface area contributed by atoms with Gasteiger partial charge in [-0.05, 0) is 12.1 Å². The van der Waals surface area contributed by atoms with Gasteiger partial charge < -0.3 is 13.0 Å². The van der Waals surface area contributed by atoms with E-state index in [0.717, 1.165) is 5.69 Å². The zero-order valence-corrected chi connectivity index (χ0v) is 9.99. The van der Waals surface area contributed by atoms with E-state index in [2.05, 4.69) is 8.27 Å². The Bertz CT molecular complexity index is 341. The first kappa shape index (κ1) is 11.1. The second-order valence-electron chi connectivity index (χ2n) is 2.50. The van der Waals surface area contributed by atoms with Gasteiger partial charge in [-0.15, -0.1) is 0 Å². The van der Waals surface area contributed by atoms with Crippen molar-refractivity contribution >= 4 is 34.5 Å². The molecule has 0 aliphatic heterocycles. The molecule has 0 fully saturated rings. The standard InChI is InChI=1S/C9H10INO3/c1-13-8-5-6(11-10)3-4-7(8)9(12)14-2/h3-5,11H,1-2H3. The molecule has 0 unspecified atom stereocenters. The summed E-state index contributed by atoms with van der Waals surface area (Å²) >= 11 is 2.00. The lowest BCUT2D eigenvalue weighted by molar-refractivity contribution is 0.0597. The molecule has 0 saturated carbocycles. The lowest BCUT2D eigenvalue weighted by Gasteiger charge is -2.08. The molecule has 1 aromatic rings. The highest BCUT2D eigenvalue weighted by molar-refractivity contribution is 14.1. The van der Waals surface area contributed by atoms with Crippen LogP contribution in [0, 0.1) is 0 Å². The molecule has 1 rings (SSSR count). The Morgan fingerprint density at radius 2 is 2.14 bits per heavy atom. The molecule has 1 aromatic carbocycles. The molecule has 0 radical (unpaired) electrons. The minimum Gasteiger partial charge on any atom is -0.496 e. The third-order valence-corrected chi connectivity index (χ3v) is 2.34. The van der Waals surface area contributed by atoms with Crippen LogP contribution in [-0.4, -0.2) is 20.2 Å². The third-order valence-electron chi connectivity index (χ3n) is 1.72. The van der Waals surface area contributed by atoms with Gasteiger partial charge in [0.05, 0.1) is 37.1 Å². The number of carbonyl (C=O) groups is 1. The molecule has 0 saturated heterocycles. The van der Waals surface area contributed by atoms with E-state index in [9.17, 15) is 4.79 Å². The maximum Gasteiger partial charge on any atom is 0.341 e. The second kappa shape index (κ2) is 5.04. The van der Waals surface area contributed by atoms with Gasteiger partial charge in [0.2, 0.25) is 0 Å². The predicted molar refractivity (Wildman–Crippen MR) is 62.0 cm³/mol. The van der Waals surface area contributed by atoms with Crippen molar-refractivity contribution in [2.45, 2.75) is 0 Å². The molecular formula is C9H10INO3. The fourth-order valence-corrected chi connectivity index (χ4v) is 1.36. The summed E-state index contributed by atoms with van der Waals surface area (Å²) in [7, 11) is 2.85. The van der Waals surface area contributed by atoms with E-state index < -0.39 is 5.97 Å². The Balaban J connectivity index is 3.11. The molecule has 0 aromatic heterocycles. The van der Waals surface area contributed by atoms with Crippen LogP contribution in [0.2, 0.25) is 0 Å². The summed E-state index contributed by atoms with van der Waals surface area (Å²) < 4.78 is 12.6. The second-order valence-corrected chi connectivity index (χ2v) is 3.04. The molecule has 0 amide bonds. The van der Waals surface area contributed by atoms with Gasteiger partial charge in [0.1, 0.15) is 11.3 Å². The first-order chi connectivity index (χ1) is 6.72. The van der Waals surface area contributed by atoms with Crippen LogP contribution in [-0.2, 0) is 4.74 Å². The molecule has 0 aliphatic rings. The molecule has 4 nitrogen and oxygen atoms in total. The molecule has 0 heterocycles. The van der Waals surface area contributed by atoms with Gasteiger partial charge in [0.15, 0.2) is 0 Å². The zero-order valence-electron chi connectivity index (χ0n) is 7.83. The Morgan fingerprint density at radius 3 is 2.64 bits per heavy atom. The molecule has 76 valence electrons. The monoisotopic (exact) mass is 307 g/mol. The number of benzene rings is 1. The van der Waals surface area contributed by atoms with Crippen molar-refractivity contribution in [1.29, 1.82) is 0 Å². The molecular weight excluding hydrogens is 297 g/mol. The van der Waals surface area contributed by atoms with Crippen molar-refractivity contribution in [2.75, 3.05) is 17.7 Å². The van der Waals surface area contributed by atoms with E-state index in [1.807, 2.05) is 22.9 Å². The highest BCUT2D eigenvalue weighted by atomic mass is 127. The summed E-state index contributed by atoms with van der Waals surface area (Å²) in [6.45, 7) is 0. The molecule has 14 heavy (non-hydrogen) atoms. The van der Waals surface area contributed by atoms with E-state index in [0.29, 0.717) is 11.3 Å². The van der Waals surface area contributed by atoms with Crippen LogP contribution in [0.1, 0.15) is 10.4 Å². The van der Waals surface area contributed by atoms with E-state index in [1.54, 1.807) is 18.2 Å². The van der Waals surface area contributed by atoms with Crippen LogP contribution in [0.15, 0.2) is 18.2 Å². The minimum atomic E-state index is -0.401. The molecule has 1 N–H and O–H groups in total. The van der Waals surface area contributed by atoms with Crippen LogP contribution in [0.3, 0.4) is 0 Å². The normalized spacial score (nSPS) is 9.36. The van der Waals surface area contributed by atoms with Crippen molar-refractivity contribution in [2.24, 2.45) is 0 Å².